The van der Waals surface area contributed by atoms with Gasteiger partial charge in [-0.05, 0) is 26.8 Å². The summed E-state index contributed by atoms with van der Waals surface area (Å²) >= 11 is 0. The minimum absolute atomic E-state index is 0.101. The van der Waals surface area contributed by atoms with E-state index in [0.29, 0.717) is 22.8 Å². The largest absolute Gasteiger partial charge is 0.506 e. The number of anilines is 1. The highest BCUT2D eigenvalue weighted by molar-refractivity contribution is 6.36. The number of allylic oxidation sites excluding steroid dienone is 1. The monoisotopic (exact) mass is 423 g/mol. The number of rotatable bonds is 6. The van der Waals surface area contributed by atoms with Gasteiger partial charge in [0.2, 0.25) is 11.9 Å². The molecule has 0 fully saturated rings. The van der Waals surface area contributed by atoms with Crippen molar-refractivity contribution in [1.82, 2.24) is 9.97 Å². The average Bonchev–Trinajstić information content (AvgIpc) is 2.98. The molecule has 9 heteroatoms. The lowest BCUT2D eigenvalue weighted by Gasteiger charge is -2.12. The lowest BCUT2D eigenvalue weighted by Crippen LogP contribution is -2.21. The summed E-state index contributed by atoms with van der Waals surface area (Å²) in [5.41, 5.74) is 2.92. The zero-order valence-electron chi connectivity index (χ0n) is 18.1. The number of aryl methyl sites for hydroxylation is 2. The first-order chi connectivity index (χ1) is 14.8. The molecule has 1 aliphatic rings. The molecule has 1 aromatic carbocycles. The van der Waals surface area contributed by atoms with Gasteiger partial charge >= 0.3 is 0 Å². The van der Waals surface area contributed by atoms with Crippen LogP contribution in [0.2, 0.25) is 0 Å². The summed E-state index contributed by atoms with van der Waals surface area (Å²) in [7, 11) is 3.02. The van der Waals surface area contributed by atoms with Crippen molar-refractivity contribution in [3.05, 3.63) is 58.4 Å². The van der Waals surface area contributed by atoms with Gasteiger partial charge in [-0.1, -0.05) is 24.3 Å². The van der Waals surface area contributed by atoms with E-state index >= 15 is 0 Å². The maximum absolute atomic E-state index is 12.8. The number of aliphatic imine (C=N–C) groups is 2. The second kappa shape index (κ2) is 9.59. The molecule has 31 heavy (non-hydrogen) atoms. The van der Waals surface area contributed by atoms with E-state index in [9.17, 15) is 9.90 Å². The molecule has 0 saturated heterocycles. The Kier molecular flexibility index (Phi) is 6.88. The summed E-state index contributed by atoms with van der Waals surface area (Å²) in [6.45, 7) is 5.50. The van der Waals surface area contributed by atoms with Gasteiger partial charge in [0.05, 0.1) is 17.8 Å². The number of nitrogens with one attached hydrogen (secondary N) is 1. The molecule has 0 atom stereocenters. The van der Waals surface area contributed by atoms with Gasteiger partial charge in [0.1, 0.15) is 5.76 Å². The average molecular weight is 423 g/mol. The lowest BCUT2D eigenvalue weighted by molar-refractivity contribution is -0.0936. The molecule has 9 nitrogen and oxygen atoms in total. The highest BCUT2D eigenvalue weighted by Crippen LogP contribution is 2.31. The van der Waals surface area contributed by atoms with Crippen molar-refractivity contribution in [3.63, 3.8) is 0 Å². The smallest absolute Gasteiger partial charge is 0.230 e. The third-order valence-corrected chi connectivity index (χ3v) is 4.65. The molecule has 162 valence electrons. The first kappa shape index (κ1) is 22.3. The van der Waals surface area contributed by atoms with Crippen molar-refractivity contribution < 1.29 is 19.4 Å². The van der Waals surface area contributed by atoms with Crippen molar-refractivity contribution in [1.29, 1.82) is 0 Å². The number of nitrogens with zero attached hydrogens (tertiary/aromatic N) is 4. The Labute approximate surface area is 180 Å². The fourth-order valence-electron chi connectivity index (χ4n) is 3.21. The quantitative estimate of drug-likeness (QED) is 0.416. The lowest BCUT2D eigenvalue weighted by atomic mass is 10.1. The van der Waals surface area contributed by atoms with Gasteiger partial charge in [-0.3, -0.25) is 10.1 Å². The Morgan fingerprint density at radius 1 is 1.13 bits per heavy atom. The minimum Gasteiger partial charge on any atom is -0.506 e. The summed E-state index contributed by atoms with van der Waals surface area (Å²) < 4.78 is 10.4. The maximum atomic E-state index is 12.8. The number of Topliss-reactive ketones (excluding diaryl/α,β-unsaturated/α-hetero) is 1. The molecule has 2 N–H and O–H groups in total. The van der Waals surface area contributed by atoms with Crippen LogP contribution in [-0.2, 0) is 9.47 Å². The predicted octanol–water partition coefficient (Wildman–Crippen LogP) is 3.11. The van der Waals surface area contributed by atoms with Crippen molar-refractivity contribution in [2.45, 2.75) is 27.1 Å². The van der Waals surface area contributed by atoms with Crippen molar-refractivity contribution in [2.24, 2.45) is 9.98 Å². The molecule has 0 unspecified atom stereocenters. The third-order valence-electron chi connectivity index (χ3n) is 4.65. The van der Waals surface area contributed by atoms with E-state index < -0.39 is 6.29 Å². The molecule has 3 rings (SSSR count). The van der Waals surface area contributed by atoms with Crippen LogP contribution in [0.1, 0.15) is 34.2 Å². The van der Waals surface area contributed by atoms with Crippen LogP contribution in [0.4, 0.5) is 5.95 Å². The van der Waals surface area contributed by atoms with Gasteiger partial charge < -0.3 is 14.6 Å². The van der Waals surface area contributed by atoms with Crippen LogP contribution in [0.3, 0.4) is 0 Å². The minimum atomic E-state index is -0.572. The molecule has 0 spiro atoms. The second-order valence-electron chi connectivity index (χ2n) is 6.96. The number of benzene rings is 1. The summed E-state index contributed by atoms with van der Waals surface area (Å²) in [5, 5.41) is 13.6. The molecular weight excluding hydrogens is 398 g/mol. The topological polar surface area (TPSA) is 118 Å². The van der Waals surface area contributed by atoms with E-state index in [4.69, 9.17) is 9.47 Å². The van der Waals surface area contributed by atoms with Gasteiger partial charge in [-0.2, -0.15) is 0 Å². The number of aliphatic hydroxyl groups is 1. The predicted molar refractivity (Wildman–Crippen MR) is 119 cm³/mol. The van der Waals surface area contributed by atoms with Crippen LogP contribution in [0.25, 0.3) is 5.76 Å². The summed E-state index contributed by atoms with van der Waals surface area (Å²) in [4.78, 5) is 30.4. The Bertz CT molecular complexity index is 1070. The van der Waals surface area contributed by atoms with Gasteiger partial charge in [-0.15, -0.1) is 0 Å². The van der Waals surface area contributed by atoms with Gasteiger partial charge in [0.25, 0.3) is 0 Å². The number of guanidine groups is 1. The van der Waals surface area contributed by atoms with Gasteiger partial charge in [-0.25, -0.2) is 20.0 Å². The van der Waals surface area contributed by atoms with Crippen molar-refractivity contribution in [3.8, 4) is 0 Å². The Hall–Kier alpha value is -3.43. The van der Waals surface area contributed by atoms with E-state index in [2.05, 4.69) is 25.3 Å². The number of aliphatic hydroxyl groups excluding tert-OH is 1. The number of carbonyl (C=O) groups excluding carboxylic acids is 1. The molecule has 1 heterocycles. The number of methoxy groups -OCH3 is 2. The first-order valence-electron chi connectivity index (χ1n) is 9.66. The van der Waals surface area contributed by atoms with Crippen molar-refractivity contribution in [2.75, 3.05) is 26.1 Å². The number of ether oxygens (including phenoxy) is 2. The fourth-order valence-corrected chi connectivity index (χ4v) is 3.21. The van der Waals surface area contributed by atoms with E-state index in [1.54, 1.807) is 31.2 Å². The molecule has 0 saturated carbocycles. The van der Waals surface area contributed by atoms with Crippen LogP contribution in [0, 0.1) is 13.8 Å². The maximum Gasteiger partial charge on any atom is 0.230 e. The second-order valence-corrected chi connectivity index (χ2v) is 6.96. The van der Waals surface area contributed by atoms with Crippen LogP contribution in [0.5, 0.6) is 0 Å². The number of hydrogen-bond donors (Lipinski definition) is 2. The molecule has 0 aliphatic heterocycles. The zero-order chi connectivity index (χ0) is 22.5. The zero-order valence-corrected chi connectivity index (χ0v) is 18.1. The molecule has 0 bridgehead atoms. The fraction of sp³-hybridized carbons (Fsp3) is 0.318. The molecule has 0 radical (unpaired) electrons. The summed E-state index contributed by atoms with van der Waals surface area (Å²) in [6, 6.07) is 8.73. The van der Waals surface area contributed by atoms with Gasteiger partial charge in [0, 0.05) is 36.7 Å². The van der Waals surface area contributed by atoms with E-state index in [1.165, 1.54) is 14.2 Å². The van der Waals surface area contributed by atoms with Crippen molar-refractivity contribution >= 4 is 29.2 Å². The molecule has 1 aromatic heterocycles. The summed E-state index contributed by atoms with van der Waals surface area (Å²) in [5.74, 6) is 0.0857. The molecule has 0 amide bonds. The van der Waals surface area contributed by atoms with Crippen LogP contribution in [0.15, 0.2) is 45.9 Å². The number of aromatic nitrogens is 2. The molecular formula is C22H25N5O4. The van der Waals surface area contributed by atoms with Gasteiger partial charge in [0.15, 0.2) is 12.1 Å². The first-order valence-corrected chi connectivity index (χ1v) is 9.66. The Morgan fingerprint density at radius 2 is 1.74 bits per heavy atom. The third kappa shape index (κ3) is 5.01. The number of ketones is 1. The molecule has 2 aromatic rings. The van der Waals surface area contributed by atoms with E-state index in [0.717, 1.165) is 11.4 Å². The van der Waals surface area contributed by atoms with Crippen LogP contribution >= 0.6 is 0 Å². The van der Waals surface area contributed by atoms with E-state index in [1.807, 2.05) is 19.9 Å². The Balaban J connectivity index is 1.97. The highest BCUT2D eigenvalue weighted by atomic mass is 16.7. The number of hydrogen-bond acceptors (Lipinski definition) is 7. The normalized spacial score (nSPS) is 14.5. The number of fused-ring (bicyclic) bond motifs is 1. The highest BCUT2D eigenvalue weighted by Gasteiger charge is 2.31. The SMILES string of the molecule is COC(CN=C(N=C(C)C1=C(O)c2ccccc2C1=O)Nc1nc(C)cc(C)n1)OC. The summed E-state index contributed by atoms with van der Waals surface area (Å²) in [6.07, 6.45) is -0.572. The standard InChI is InChI=1S/C22H25N5O4/c1-12-10-13(2)25-22(24-12)27-21(23-11-17(30-4)31-5)26-14(3)18-19(28)15-8-6-7-9-16(15)20(18)29/h6-10,17,28H,11H2,1-5H3,(H,23,24,25,27). The number of carbonyl (C=O) groups is 1. The van der Waals surface area contributed by atoms with E-state index in [-0.39, 0.29) is 29.6 Å². The van der Waals surface area contributed by atoms with Crippen LogP contribution < -0.4 is 5.32 Å². The van der Waals surface area contributed by atoms with Crippen LogP contribution in [-0.4, -0.2) is 59.6 Å². The Morgan fingerprint density at radius 3 is 2.32 bits per heavy atom. The molecule has 1 aliphatic carbocycles.